The molecule has 2 rings (SSSR count). The Hall–Kier alpha value is -0.890. The van der Waals surface area contributed by atoms with Crippen molar-refractivity contribution < 1.29 is 17.9 Å². The maximum absolute atomic E-state index is 13.7. The Balaban J connectivity index is 2.25. The van der Waals surface area contributed by atoms with Gasteiger partial charge in [-0.15, -0.1) is 0 Å². The topological polar surface area (TPSA) is 92.4 Å². The molecule has 0 bridgehead atoms. The number of hydrogen-bond donors (Lipinski definition) is 3. The molecule has 1 aromatic rings. The van der Waals surface area contributed by atoms with Crippen LogP contribution in [0.1, 0.15) is 12.8 Å². The first-order chi connectivity index (χ1) is 8.80. The van der Waals surface area contributed by atoms with E-state index in [1.807, 2.05) is 0 Å². The molecule has 0 saturated heterocycles. The number of aliphatic hydroxyl groups excluding tert-OH is 1. The van der Waals surface area contributed by atoms with Gasteiger partial charge in [-0.05, 0) is 25.0 Å². The Kier molecular flexibility index (Phi) is 3.74. The summed E-state index contributed by atoms with van der Waals surface area (Å²) in [6, 6.07) is 2.16. The molecule has 0 radical (unpaired) electrons. The SMILES string of the molecule is Nc1cc(Cl)c(F)c(S(=O)(=O)NCC2(CO)CC2)c1. The minimum atomic E-state index is -4.04. The molecule has 1 fully saturated rings. The van der Waals surface area contributed by atoms with Gasteiger partial charge in [-0.3, -0.25) is 0 Å². The summed E-state index contributed by atoms with van der Waals surface area (Å²) in [5, 5.41) is 8.77. The molecule has 0 amide bonds. The van der Waals surface area contributed by atoms with Gasteiger partial charge in [0.1, 0.15) is 4.90 Å². The number of nitrogens with one attached hydrogen (secondary N) is 1. The second-order valence-corrected chi connectivity index (χ2v) is 6.94. The molecule has 1 aliphatic rings. The molecule has 0 aliphatic heterocycles. The zero-order chi connectivity index (χ0) is 14.3. The van der Waals surface area contributed by atoms with E-state index < -0.39 is 26.2 Å². The smallest absolute Gasteiger partial charge is 0.243 e. The highest BCUT2D eigenvalue weighted by atomic mass is 35.5. The van der Waals surface area contributed by atoms with E-state index in [4.69, 9.17) is 22.4 Å². The van der Waals surface area contributed by atoms with Gasteiger partial charge < -0.3 is 10.8 Å². The average Bonchev–Trinajstić information content (AvgIpc) is 3.12. The fourth-order valence-corrected chi connectivity index (χ4v) is 3.25. The first-order valence-electron chi connectivity index (χ1n) is 5.65. The van der Waals surface area contributed by atoms with E-state index in [2.05, 4.69) is 4.72 Å². The monoisotopic (exact) mass is 308 g/mol. The lowest BCUT2D eigenvalue weighted by molar-refractivity contribution is 0.213. The second-order valence-electron chi connectivity index (χ2n) is 4.80. The first kappa shape index (κ1) is 14.5. The number of benzene rings is 1. The van der Waals surface area contributed by atoms with Crippen LogP contribution < -0.4 is 10.5 Å². The van der Waals surface area contributed by atoms with Crippen molar-refractivity contribution in [2.24, 2.45) is 5.41 Å². The van der Waals surface area contributed by atoms with Gasteiger partial charge in [0.15, 0.2) is 5.82 Å². The Bertz CT molecular complexity index is 602. The highest BCUT2D eigenvalue weighted by Gasteiger charge is 2.42. The van der Waals surface area contributed by atoms with E-state index in [9.17, 15) is 12.8 Å². The molecule has 0 aromatic heterocycles. The van der Waals surface area contributed by atoms with Gasteiger partial charge in [0.25, 0.3) is 0 Å². The van der Waals surface area contributed by atoms with Crippen LogP contribution >= 0.6 is 11.6 Å². The number of nitrogens with two attached hydrogens (primary N) is 1. The van der Waals surface area contributed by atoms with Crippen LogP contribution in [0, 0.1) is 11.2 Å². The van der Waals surface area contributed by atoms with Crippen LogP contribution in [0.25, 0.3) is 0 Å². The number of rotatable bonds is 5. The summed E-state index contributed by atoms with van der Waals surface area (Å²) in [6.07, 6.45) is 1.48. The second kappa shape index (κ2) is 4.90. The summed E-state index contributed by atoms with van der Waals surface area (Å²) in [7, 11) is -4.04. The molecule has 19 heavy (non-hydrogen) atoms. The van der Waals surface area contributed by atoms with Gasteiger partial charge >= 0.3 is 0 Å². The summed E-state index contributed by atoms with van der Waals surface area (Å²) < 4.78 is 40.0. The largest absolute Gasteiger partial charge is 0.399 e. The fraction of sp³-hybridized carbons (Fsp3) is 0.455. The van der Waals surface area contributed by atoms with Crippen LogP contribution in [0.2, 0.25) is 5.02 Å². The predicted octanol–water partition coefficient (Wildman–Crippen LogP) is 1.11. The summed E-state index contributed by atoms with van der Waals surface area (Å²) in [5.41, 5.74) is 5.12. The lowest BCUT2D eigenvalue weighted by atomic mass is 10.1. The number of halogens is 2. The maximum atomic E-state index is 13.7. The number of hydrogen-bond acceptors (Lipinski definition) is 4. The number of aliphatic hydroxyl groups is 1. The van der Waals surface area contributed by atoms with Crippen molar-refractivity contribution in [2.45, 2.75) is 17.7 Å². The summed E-state index contributed by atoms with van der Waals surface area (Å²) in [4.78, 5) is -0.578. The van der Waals surface area contributed by atoms with Gasteiger partial charge in [-0.2, -0.15) is 0 Å². The Morgan fingerprint density at radius 3 is 2.63 bits per heavy atom. The van der Waals surface area contributed by atoms with Crippen molar-refractivity contribution in [2.75, 3.05) is 18.9 Å². The Labute approximate surface area is 115 Å². The molecule has 106 valence electrons. The van der Waals surface area contributed by atoms with E-state index in [0.29, 0.717) is 0 Å². The van der Waals surface area contributed by atoms with Gasteiger partial charge in [0, 0.05) is 24.3 Å². The fourth-order valence-electron chi connectivity index (χ4n) is 1.67. The molecule has 0 heterocycles. The molecule has 8 heteroatoms. The summed E-state index contributed by atoms with van der Waals surface area (Å²) >= 11 is 5.57. The van der Waals surface area contributed by atoms with Gasteiger partial charge in [0.05, 0.1) is 5.02 Å². The van der Waals surface area contributed by atoms with Crippen LogP contribution in [0.15, 0.2) is 17.0 Å². The highest BCUT2D eigenvalue weighted by Crippen LogP contribution is 2.44. The standard InChI is InChI=1S/C11H14ClFN2O3S/c12-8-3-7(14)4-9(10(8)13)19(17,18)15-5-11(6-16)1-2-11/h3-4,15-16H,1-2,5-6,14H2. The number of nitrogen functional groups attached to an aromatic ring is 1. The van der Waals surface area contributed by atoms with Crippen molar-refractivity contribution in [1.29, 1.82) is 0 Å². The van der Waals surface area contributed by atoms with Crippen LogP contribution in [-0.2, 0) is 10.0 Å². The van der Waals surface area contributed by atoms with E-state index in [1.54, 1.807) is 0 Å². The zero-order valence-electron chi connectivity index (χ0n) is 9.99. The normalized spacial score (nSPS) is 17.4. The Morgan fingerprint density at radius 1 is 1.47 bits per heavy atom. The third kappa shape index (κ3) is 3.00. The first-order valence-corrected chi connectivity index (χ1v) is 7.51. The Morgan fingerprint density at radius 2 is 2.11 bits per heavy atom. The summed E-state index contributed by atoms with van der Waals surface area (Å²) in [5.74, 6) is -1.03. The molecular formula is C11H14ClFN2O3S. The predicted molar refractivity (Wildman–Crippen MR) is 69.8 cm³/mol. The molecule has 5 nitrogen and oxygen atoms in total. The van der Waals surface area contributed by atoms with Crippen molar-refractivity contribution >= 4 is 27.3 Å². The molecule has 0 atom stereocenters. The molecular weight excluding hydrogens is 295 g/mol. The van der Waals surface area contributed by atoms with Crippen LogP contribution in [0.5, 0.6) is 0 Å². The molecule has 4 N–H and O–H groups in total. The number of anilines is 1. The quantitative estimate of drug-likeness (QED) is 0.711. The van der Waals surface area contributed by atoms with Crippen molar-refractivity contribution in [1.82, 2.24) is 4.72 Å². The van der Waals surface area contributed by atoms with Gasteiger partial charge in [0.2, 0.25) is 10.0 Å². The average molecular weight is 309 g/mol. The molecule has 1 saturated carbocycles. The van der Waals surface area contributed by atoms with E-state index >= 15 is 0 Å². The van der Waals surface area contributed by atoms with E-state index in [0.717, 1.165) is 25.0 Å². The minimum absolute atomic E-state index is 0.0649. The molecule has 0 spiro atoms. The van der Waals surface area contributed by atoms with E-state index in [-0.39, 0.29) is 23.9 Å². The van der Waals surface area contributed by atoms with Crippen molar-refractivity contribution in [3.8, 4) is 0 Å². The zero-order valence-corrected chi connectivity index (χ0v) is 11.6. The highest BCUT2D eigenvalue weighted by molar-refractivity contribution is 7.89. The molecule has 1 aromatic carbocycles. The van der Waals surface area contributed by atoms with Crippen LogP contribution in [0.3, 0.4) is 0 Å². The summed E-state index contributed by atoms with van der Waals surface area (Å²) in [6.45, 7) is -0.0343. The minimum Gasteiger partial charge on any atom is -0.399 e. The molecule has 1 aliphatic carbocycles. The van der Waals surface area contributed by atoms with Crippen molar-refractivity contribution in [3.63, 3.8) is 0 Å². The maximum Gasteiger partial charge on any atom is 0.243 e. The number of sulfonamides is 1. The van der Waals surface area contributed by atoms with Gasteiger partial charge in [-0.25, -0.2) is 17.5 Å². The van der Waals surface area contributed by atoms with Gasteiger partial charge in [-0.1, -0.05) is 11.6 Å². The van der Waals surface area contributed by atoms with Crippen LogP contribution in [-0.4, -0.2) is 26.7 Å². The van der Waals surface area contributed by atoms with Crippen molar-refractivity contribution in [3.05, 3.63) is 23.0 Å². The lowest BCUT2D eigenvalue weighted by Gasteiger charge is -2.14. The van der Waals surface area contributed by atoms with E-state index in [1.165, 1.54) is 0 Å². The third-order valence-corrected chi connectivity index (χ3v) is 4.91. The third-order valence-electron chi connectivity index (χ3n) is 3.24. The van der Waals surface area contributed by atoms with Crippen LogP contribution in [0.4, 0.5) is 10.1 Å². The molecule has 0 unspecified atom stereocenters. The lowest BCUT2D eigenvalue weighted by Crippen LogP contribution is -2.32.